The molecular formula is C12H6N2. The molecule has 0 heterocycles. The highest BCUT2D eigenvalue weighted by Gasteiger charge is 2.11. The molecule has 0 aliphatic heterocycles. The zero-order chi connectivity index (χ0) is 9.97. The van der Waals surface area contributed by atoms with Crippen molar-refractivity contribution in [2.24, 2.45) is 0 Å². The zero-order valence-corrected chi connectivity index (χ0v) is 7.36. The first kappa shape index (κ1) is 8.29. The van der Waals surface area contributed by atoms with Crippen LogP contribution in [0.2, 0.25) is 0 Å². The summed E-state index contributed by atoms with van der Waals surface area (Å²) in [6.07, 6.45) is 0. The van der Waals surface area contributed by atoms with E-state index in [1.807, 2.05) is 18.2 Å². The minimum absolute atomic E-state index is 0.548. The third-order valence-electron chi connectivity index (χ3n) is 2.15. The molecule has 0 aromatic carbocycles. The van der Waals surface area contributed by atoms with Gasteiger partial charge in [-0.3, -0.25) is 0 Å². The van der Waals surface area contributed by atoms with Gasteiger partial charge in [-0.25, -0.2) is 0 Å². The van der Waals surface area contributed by atoms with Crippen molar-refractivity contribution in [1.82, 2.24) is 0 Å². The van der Waals surface area contributed by atoms with Crippen LogP contribution in [-0.2, 0) is 0 Å². The molecule has 0 saturated heterocycles. The first-order valence-electron chi connectivity index (χ1n) is 4.19. The number of nitrogens with zero attached hydrogens (tertiary/aromatic N) is 2. The molecule has 2 rings (SSSR count). The predicted molar refractivity (Wildman–Crippen MR) is 52.5 cm³/mol. The normalized spacial score (nSPS) is 9.29. The lowest BCUT2D eigenvalue weighted by Gasteiger charge is -1.94. The van der Waals surface area contributed by atoms with Gasteiger partial charge in [0.15, 0.2) is 0 Å². The maximum atomic E-state index is 8.93. The zero-order valence-electron chi connectivity index (χ0n) is 7.36. The maximum absolute atomic E-state index is 8.93. The van der Waals surface area contributed by atoms with Gasteiger partial charge in [-0.1, -0.05) is 24.3 Å². The Kier molecular flexibility index (Phi) is 1.89. The number of hydrogen-bond acceptors (Lipinski definition) is 2. The van der Waals surface area contributed by atoms with Crippen LogP contribution in [0.1, 0.15) is 11.1 Å². The molecule has 0 aromatic rings. The molecule has 0 N–H and O–H groups in total. The van der Waals surface area contributed by atoms with Gasteiger partial charge < -0.3 is 0 Å². The molecule has 0 amide bonds. The van der Waals surface area contributed by atoms with E-state index in [0.29, 0.717) is 11.1 Å². The highest BCUT2D eigenvalue weighted by molar-refractivity contribution is 5.78. The average Bonchev–Trinajstić information content (AvgIpc) is 2.51. The van der Waals surface area contributed by atoms with E-state index in [2.05, 4.69) is 12.1 Å². The molecule has 0 radical (unpaired) electrons. The highest BCUT2D eigenvalue weighted by Crippen LogP contribution is 2.29. The van der Waals surface area contributed by atoms with Gasteiger partial charge >= 0.3 is 0 Å². The lowest BCUT2D eigenvalue weighted by atomic mass is 10.1. The molecule has 0 spiro atoms. The second-order valence-corrected chi connectivity index (χ2v) is 2.93. The monoisotopic (exact) mass is 178 g/mol. The van der Waals surface area contributed by atoms with Crippen LogP contribution < -0.4 is 0 Å². The van der Waals surface area contributed by atoms with E-state index in [9.17, 15) is 0 Å². The number of hydrogen-bond donors (Lipinski definition) is 0. The molecule has 2 aliphatic carbocycles. The van der Waals surface area contributed by atoms with Crippen molar-refractivity contribution in [3.63, 3.8) is 0 Å². The van der Waals surface area contributed by atoms with E-state index in [4.69, 9.17) is 10.5 Å². The molecule has 2 nitrogen and oxygen atoms in total. The van der Waals surface area contributed by atoms with Gasteiger partial charge in [0.2, 0.25) is 0 Å². The SMILES string of the molecule is N#Cc1ccccc2ccc(C#N)c1-2. The predicted octanol–water partition coefficient (Wildman–Crippen LogP) is 2.53. The summed E-state index contributed by atoms with van der Waals surface area (Å²) in [5.74, 6) is 0. The molecule has 0 unspecified atom stereocenters. The van der Waals surface area contributed by atoms with Crippen molar-refractivity contribution in [2.45, 2.75) is 0 Å². The lowest BCUT2D eigenvalue weighted by molar-refractivity contribution is 1.48. The maximum Gasteiger partial charge on any atom is 0.0998 e. The number of fused-ring (bicyclic) bond motifs is 1. The molecule has 0 bridgehead atoms. The Morgan fingerprint density at radius 2 is 1.43 bits per heavy atom. The minimum Gasteiger partial charge on any atom is -0.192 e. The van der Waals surface area contributed by atoms with Crippen molar-refractivity contribution >= 4 is 0 Å². The van der Waals surface area contributed by atoms with Crippen molar-refractivity contribution in [3.8, 4) is 23.3 Å². The topological polar surface area (TPSA) is 47.6 Å². The highest BCUT2D eigenvalue weighted by atomic mass is 14.3. The summed E-state index contributed by atoms with van der Waals surface area (Å²) in [6, 6.07) is 15.1. The van der Waals surface area contributed by atoms with E-state index in [1.165, 1.54) is 0 Å². The Balaban J connectivity index is 2.87. The van der Waals surface area contributed by atoms with Crippen LogP contribution >= 0.6 is 0 Å². The largest absolute Gasteiger partial charge is 0.192 e. The smallest absolute Gasteiger partial charge is 0.0998 e. The van der Waals surface area contributed by atoms with Crippen molar-refractivity contribution in [2.75, 3.05) is 0 Å². The van der Waals surface area contributed by atoms with Gasteiger partial charge in [0, 0.05) is 5.56 Å². The summed E-state index contributed by atoms with van der Waals surface area (Å²) in [6.45, 7) is 0. The fourth-order valence-corrected chi connectivity index (χ4v) is 1.52. The van der Waals surface area contributed by atoms with Gasteiger partial charge in [-0.05, 0) is 17.7 Å². The van der Waals surface area contributed by atoms with Crippen LogP contribution in [0.25, 0.3) is 11.1 Å². The van der Waals surface area contributed by atoms with Gasteiger partial charge in [-0.2, -0.15) is 10.5 Å². The van der Waals surface area contributed by atoms with Gasteiger partial charge in [0.25, 0.3) is 0 Å². The van der Waals surface area contributed by atoms with Crippen LogP contribution in [0.4, 0.5) is 0 Å². The third kappa shape index (κ3) is 1.11. The summed E-state index contributed by atoms with van der Waals surface area (Å²) in [5.41, 5.74) is 2.79. The Morgan fingerprint density at radius 1 is 0.786 bits per heavy atom. The Hall–Kier alpha value is -2.32. The summed E-state index contributed by atoms with van der Waals surface area (Å²) in [5, 5.41) is 17.8. The molecular weight excluding hydrogens is 172 g/mol. The molecule has 64 valence electrons. The fraction of sp³-hybridized carbons (Fsp3) is 0. The Morgan fingerprint density at radius 3 is 2.14 bits per heavy atom. The number of rotatable bonds is 0. The molecule has 14 heavy (non-hydrogen) atoms. The molecule has 0 saturated carbocycles. The fourth-order valence-electron chi connectivity index (χ4n) is 1.52. The van der Waals surface area contributed by atoms with Crippen molar-refractivity contribution < 1.29 is 0 Å². The standard InChI is InChI=1S/C12H6N2/c13-7-10-4-2-1-3-9-5-6-11(8-14)12(9)10/h1-6H. The van der Waals surface area contributed by atoms with Crippen LogP contribution in [-0.4, -0.2) is 0 Å². The van der Waals surface area contributed by atoms with E-state index in [1.54, 1.807) is 18.2 Å². The second-order valence-electron chi connectivity index (χ2n) is 2.93. The van der Waals surface area contributed by atoms with Crippen molar-refractivity contribution in [3.05, 3.63) is 47.5 Å². The minimum atomic E-state index is 0.548. The van der Waals surface area contributed by atoms with E-state index in [-0.39, 0.29) is 0 Å². The molecule has 2 heteroatoms. The first-order valence-corrected chi connectivity index (χ1v) is 4.19. The van der Waals surface area contributed by atoms with Crippen molar-refractivity contribution in [1.29, 1.82) is 10.5 Å². The molecule has 0 aromatic heterocycles. The molecule has 2 aliphatic rings. The summed E-state index contributed by atoms with van der Waals surface area (Å²) in [4.78, 5) is 0. The van der Waals surface area contributed by atoms with Crippen LogP contribution in [0.3, 0.4) is 0 Å². The van der Waals surface area contributed by atoms with Gasteiger partial charge in [0.05, 0.1) is 23.3 Å². The summed E-state index contributed by atoms with van der Waals surface area (Å²) < 4.78 is 0. The Bertz CT molecular complexity index is 529. The average molecular weight is 178 g/mol. The quantitative estimate of drug-likeness (QED) is 0.622. The summed E-state index contributed by atoms with van der Waals surface area (Å²) in [7, 11) is 0. The van der Waals surface area contributed by atoms with Crippen LogP contribution in [0, 0.1) is 22.7 Å². The van der Waals surface area contributed by atoms with E-state index >= 15 is 0 Å². The Labute approximate surface area is 82.0 Å². The first-order chi connectivity index (χ1) is 6.86. The number of nitriles is 2. The summed E-state index contributed by atoms with van der Waals surface area (Å²) >= 11 is 0. The van der Waals surface area contributed by atoms with E-state index < -0.39 is 0 Å². The van der Waals surface area contributed by atoms with Gasteiger partial charge in [0.1, 0.15) is 0 Å². The van der Waals surface area contributed by atoms with Gasteiger partial charge in [-0.15, -0.1) is 0 Å². The third-order valence-corrected chi connectivity index (χ3v) is 2.15. The van der Waals surface area contributed by atoms with E-state index in [0.717, 1.165) is 11.1 Å². The molecule has 0 atom stereocenters. The van der Waals surface area contributed by atoms with Crippen LogP contribution in [0.5, 0.6) is 0 Å². The van der Waals surface area contributed by atoms with Crippen LogP contribution in [0.15, 0.2) is 36.4 Å². The lowest BCUT2D eigenvalue weighted by Crippen LogP contribution is -1.79. The molecule has 0 fully saturated rings. The second kappa shape index (κ2) is 3.20.